The molecule has 29 heavy (non-hydrogen) atoms. The Morgan fingerprint density at radius 2 is 1.93 bits per heavy atom. The van der Waals surface area contributed by atoms with Crippen molar-refractivity contribution in [3.8, 4) is 0 Å². The van der Waals surface area contributed by atoms with E-state index in [0.717, 1.165) is 42.3 Å². The highest BCUT2D eigenvalue weighted by Gasteiger charge is 2.13. The van der Waals surface area contributed by atoms with Gasteiger partial charge < -0.3 is 15.4 Å². The zero-order valence-corrected chi connectivity index (χ0v) is 17.5. The van der Waals surface area contributed by atoms with E-state index >= 15 is 0 Å². The lowest BCUT2D eigenvalue weighted by Crippen LogP contribution is -2.25. The van der Waals surface area contributed by atoms with Gasteiger partial charge in [-0.05, 0) is 55.3 Å². The third-order valence-corrected chi connectivity index (χ3v) is 5.45. The van der Waals surface area contributed by atoms with Crippen LogP contribution in [0.25, 0.3) is 21.7 Å². The molecule has 0 aliphatic carbocycles. The fourth-order valence-corrected chi connectivity index (χ4v) is 3.78. The quantitative estimate of drug-likeness (QED) is 0.359. The van der Waals surface area contributed by atoms with Gasteiger partial charge in [-0.25, -0.2) is 0 Å². The number of rotatable bonds is 8. The van der Waals surface area contributed by atoms with Gasteiger partial charge in [-0.2, -0.15) is 0 Å². The maximum Gasteiger partial charge on any atom is 0.0810 e. The van der Waals surface area contributed by atoms with E-state index in [1.165, 1.54) is 16.3 Å². The Kier molecular flexibility index (Phi) is 7.26. The number of nitrogens with one attached hydrogen (secondary N) is 2. The summed E-state index contributed by atoms with van der Waals surface area (Å²) in [5.74, 6) is 0. The lowest BCUT2D eigenvalue weighted by Gasteiger charge is -2.16. The maximum absolute atomic E-state index is 10.6. The van der Waals surface area contributed by atoms with Gasteiger partial charge in [-0.15, -0.1) is 12.4 Å². The molecule has 2 aromatic carbocycles. The SMILES string of the molecule is C[C@H](CCCC(O)c1c[nH]c2ccccc12)NCc1ccc2cnccc2c1.Cl. The number of halogens is 1. The van der Waals surface area contributed by atoms with E-state index in [-0.39, 0.29) is 12.4 Å². The molecule has 2 atom stereocenters. The molecule has 0 amide bonds. The topological polar surface area (TPSA) is 60.9 Å². The summed E-state index contributed by atoms with van der Waals surface area (Å²) in [7, 11) is 0. The van der Waals surface area contributed by atoms with Crippen LogP contribution in [0.2, 0.25) is 0 Å². The summed E-state index contributed by atoms with van der Waals surface area (Å²) < 4.78 is 0. The minimum absolute atomic E-state index is 0. The Morgan fingerprint density at radius 1 is 1.07 bits per heavy atom. The van der Waals surface area contributed by atoms with Gasteiger partial charge in [-0.1, -0.05) is 30.3 Å². The summed E-state index contributed by atoms with van der Waals surface area (Å²) in [5.41, 5.74) is 3.36. The normalized spacial score (nSPS) is 13.3. The fraction of sp³-hybridized carbons (Fsp3) is 0.292. The Balaban J connectivity index is 0.00000240. The lowest BCUT2D eigenvalue weighted by molar-refractivity contribution is 0.164. The van der Waals surface area contributed by atoms with Gasteiger partial charge in [0.05, 0.1) is 6.10 Å². The number of para-hydroxylation sites is 1. The van der Waals surface area contributed by atoms with Crippen LogP contribution >= 0.6 is 12.4 Å². The van der Waals surface area contributed by atoms with Gasteiger partial charge in [0, 0.05) is 53.0 Å². The van der Waals surface area contributed by atoms with Crippen LogP contribution in [-0.4, -0.2) is 21.1 Å². The molecule has 0 saturated heterocycles. The van der Waals surface area contributed by atoms with Crippen LogP contribution in [0.15, 0.2) is 67.1 Å². The largest absolute Gasteiger partial charge is 0.388 e. The Bertz CT molecular complexity index is 1060. The number of aromatic nitrogens is 2. The number of benzene rings is 2. The second kappa shape index (κ2) is 9.88. The number of hydrogen-bond acceptors (Lipinski definition) is 3. The molecule has 152 valence electrons. The molecule has 0 aliphatic rings. The highest BCUT2D eigenvalue weighted by molar-refractivity contribution is 5.85. The van der Waals surface area contributed by atoms with Crippen molar-refractivity contribution >= 4 is 34.1 Å². The number of pyridine rings is 1. The molecule has 2 heterocycles. The van der Waals surface area contributed by atoms with Crippen LogP contribution in [0.4, 0.5) is 0 Å². The molecule has 2 aromatic heterocycles. The molecule has 4 rings (SSSR count). The number of aliphatic hydroxyl groups excluding tert-OH is 1. The molecule has 3 N–H and O–H groups in total. The first-order valence-electron chi connectivity index (χ1n) is 10.0. The smallest absolute Gasteiger partial charge is 0.0810 e. The number of nitrogens with zero attached hydrogens (tertiary/aromatic N) is 1. The number of aliphatic hydroxyl groups is 1. The zero-order valence-electron chi connectivity index (χ0n) is 16.6. The van der Waals surface area contributed by atoms with E-state index in [0.29, 0.717) is 6.04 Å². The molecule has 4 aromatic rings. The maximum atomic E-state index is 10.6. The number of aromatic amines is 1. The average Bonchev–Trinajstić information content (AvgIpc) is 3.16. The highest BCUT2D eigenvalue weighted by atomic mass is 35.5. The second-order valence-electron chi connectivity index (χ2n) is 7.58. The van der Waals surface area contributed by atoms with Crippen molar-refractivity contribution in [1.29, 1.82) is 0 Å². The first kappa shape index (κ1) is 21.3. The van der Waals surface area contributed by atoms with E-state index in [9.17, 15) is 5.11 Å². The molecule has 4 nitrogen and oxygen atoms in total. The van der Waals surface area contributed by atoms with E-state index in [2.05, 4.69) is 46.5 Å². The molecule has 0 spiro atoms. The summed E-state index contributed by atoms with van der Waals surface area (Å²) in [6.45, 7) is 3.06. The van der Waals surface area contributed by atoms with Crippen LogP contribution in [-0.2, 0) is 6.54 Å². The second-order valence-corrected chi connectivity index (χ2v) is 7.58. The summed E-state index contributed by atoms with van der Waals surface area (Å²) in [4.78, 5) is 7.40. The summed E-state index contributed by atoms with van der Waals surface area (Å²) in [6, 6.07) is 17.1. The van der Waals surface area contributed by atoms with Crippen molar-refractivity contribution < 1.29 is 5.11 Å². The molecule has 0 aliphatic heterocycles. The number of hydrogen-bond donors (Lipinski definition) is 3. The molecule has 1 unspecified atom stereocenters. The molecule has 0 radical (unpaired) electrons. The molecule has 5 heteroatoms. The van der Waals surface area contributed by atoms with Crippen molar-refractivity contribution in [1.82, 2.24) is 15.3 Å². The third kappa shape index (κ3) is 5.15. The average molecular weight is 410 g/mol. The van der Waals surface area contributed by atoms with E-state index < -0.39 is 6.10 Å². The highest BCUT2D eigenvalue weighted by Crippen LogP contribution is 2.27. The standard InChI is InChI=1S/C24H27N3O.ClH/c1-17(26-14-18-9-10-20-15-25-12-11-19(20)13-18)5-4-8-24(28)22-16-27-23-7-3-2-6-21(22)23;/h2-3,6-7,9-13,15-17,24,26-28H,4-5,8,14H2,1H3;1H/t17-,24?;/m1./s1. The van der Waals surface area contributed by atoms with Crippen molar-refractivity contribution in [2.45, 2.75) is 44.9 Å². The van der Waals surface area contributed by atoms with Crippen LogP contribution in [0.3, 0.4) is 0 Å². The van der Waals surface area contributed by atoms with E-state index in [4.69, 9.17) is 0 Å². The van der Waals surface area contributed by atoms with Gasteiger partial charge in [0.25, 0.3) is 0 Å². The van der Waals surface area contributed by atoms with Crippen molar-refractivity contribution in [3.63, 3.8) is 0 Å². The Hall–Kier alpha value is -2.40. The van der Waals surface area contributed by atoms with Gasteiger partial charge in [0.2, 0.25) is 0 Å². The Labute approximate surface area is 177 Å². The van der Waals surface area contributed by atoms with Crippen molar-refractivity contribution in [2.24, 2.45) is 0 Å². The molecule has 0 saturated carbocycles. The third-order valence-electron chi connectivity index (χ3n) is 5.45. The summed E-state index contributed by atoms with van der Waals surface area (Å²) >= 11 is 0. The van der Waals surface area contributed by atoms with Gasteiger partial charge in [0.1, 0.15) is 0 Å². The number of H-pyrrole nitrogens is 1. The van der Waals surface area contributed by atoms with Crippen LogP contribution in [0, 0.1) is 0 Å². The lowest BCUT2D eigenvalue weighted by atomic mass is 10.0. The number of fused-ring (bicyclic) bond motifs is 2. The zero-order chi connectivity index (χ0) is 19.3. The first-order chi connectivity index (χ1) is 13.7. The minimum Gasteiger partial charge on any atom is -0.388 e. The van der Waals surface area contributed by atoms with Crippen molar-refractivity contribution in [3.05, 3.63) is 78.2 Å². The molecule has 0 fully saturated rings. The monoisotopic (exact) mass is 409 g/mol. The van der Waals surface area contributed by atoms with Gasteiger partial charge in [0.15, 0.2) is 0 Å². The summed E-state index contributed by atoms with van der Waals surface area (Å²) in [6.07, 6.45) is 8.05. The van der Waals surface area contributed by atoms with Gasteiger partial charge in [-0.3, -0.25) is 4.98 Å². The Morgan fingerprint density at radius 3 is 2.83 bits per heavy atom. The minimum atomic E-state index is -0.419. The van der Waals surface area contributed by atoms with E-state index in [1.807, 2.05) is 42.9 Å². The van der Waals surface area contributed by atoms with Crippen LogP contribution in [0.1, 0.15) is 43.4 Å². The first-order valence-corrected chi connectivity index (χ1v) is 10.0. The van der Waals surface area contributed by atoms with Crippen molar-refractivity contribution in [2.75, 3.05) is 0 Å². The van der Waals surface area contributed by atoms with Crippen LogP contribution < -0.4 is 5.32 Å². The fourth-order valence-electron chi connectivity index (χ4n) is 3.78. The summed E-state index contributed by atoms with van der Waals surface area (Å²) in [5, 5.41) is 17.7. The molecular formula is C24H28ClN3O. The van der Waals surface area contributed by atoms with Crippen LogP contribution in [0.5, 0.6) is 0 Å². The predicted molar refractivity (Wildman–Crippen MR) is 122 cm³/mol. The molecular weight excluding hydrogens is 382 g/mol. The van der Waals surface area contributed by atoms with Gasteiger partial charge >= 0.3 is 0 Å². The molecule has 0 bridgehead atoms. The van der Waals surface area contributed by atoms with E-state index in [1.54, 1.807) is 0 Å². The predicted octanol–water partition coefficient (Wildman–Crippen LogP) is 5.52.